The van der Waals surface area contributed by atoms with E-state index in [1.165, 1.54) is 0 Å². The molecule has 1 aliphatic carbocycles. The Bertz CT molecular complexity index is 988. The van der Waals surface area contributed by atoms with Gasteiger partial charge in [0.2, 0.25) is 11.7 Å². The third kappa shape index (κ3) is 4.52. The lowest BCUT2D eigenvalue weighted by atomic mass is 10.1. The first-order valence-electron chi connectivity index (χ1n) is 11.4. The van der Waals surface area contributed by atoms with Crippen LogP contribution in [0.5, 0.6) is 17.2 Å². The van der Waals surface area contributed by atoms with E-state index in [0.29, 0.717) is 54.9 Å². The Labute approximate surface area is 188 Å². The molecule has 0 atom stereocenters. The fourth-order valence-corrected chi connectivity index (χ4v) is 3.96. The first kappa shape index (κ1) is 22.0. The van der Waals surface area contributed by atoms with Crippen LogP contribution >= 0.6 is 0 Å². The van der Waals surface area contributed by atoms with E-state index in [1.54, 1.807) is 12.1 Å². The first-order valence-corrected chi connectivity index (χ1v) is 11.4. The number of carbonyl (C=O) groups is 2. The normalized spacial score (nSPS) is 14.7. The molecule has 0 radical (unpaired) electrons. The molecule has 1 fully saturated rings. The van der Waals surface area contributed by atoms with E-state index < -0.39 is 0 Å². The molecule has 4 rings (SSSR count). The number of fused-ring (bicyclic) bond motifs is 1. The molecule has 0 unspecified atom stereocenters. The number of hydrogen-bond acceptors (Lipinski definition) is 5. The zero-order valence-corrected chi connectivity index (χ0v) is 18.9. The Kier molecular flexibility index (Phi) is 6.53. The fourth-order valence-electron chi connectivity index (χ4n) is 3.96. The van der Waals surface area contributed by atoms with Gasteiger partial charge in [-0.05, 0) is 69.9 Å². The second kappa shape index (κ2) is 9.51. The highest BCUT2D eigenvalue weighted by molar-refractivity contribution is 6.06. The van der Waals surface area contributed by atoms with Gasteiger partial charge in [-0.1, -0.05) is 6.07 Å². The Morgan fingerprint density at radius 2 is 1.62 bits per heavy atom. The van der Waals surface area contributed by atoms with Gasteiger partial charge in [-0.2, -0.15) is 0 Å². The monoisotopic (exact) mass is 438 g/mol. The molecule has 1 saturated carbocycles. The lowest BCUT2D eigenvalue weighted by molar-refractivity contribution is -0.119. The van der Waals surface area contributed by atoms with Crippen LogP contribution in [0.2, 0.25) is 0 Å². The number of carbonyl (C=O) groups excluding carboxylic acids is 2. The Morgan fingerprint density at radius 3 is 2.22 bits per heavy atom. The number of rotatable bonds is 9. The number of amides is 2. The van der Waals surface area contributed by atoms with Crippen molar-refractivity contribution in [2.24, 2.45) is 5.92 Å². The molecule has 7 heteroatoms. The van der Waals surface area contributed by atoms with E-state index in [0.717, 1.165) is 30.5 Å². The lowest BCUT2D eigenvalue weighted by Crippen LogP contribution is -2.30. The van der Waals surface area contributed by atoms with Crippen LogP contribution in [-0.4, -0.2) is 38.2 Å². The molecular formula is C25H30N2O5. The molecule has 0 saturated heterocycles. The van der Waals surface area contributed by atoms with Gasteiger partial charge in [0.15, 0.2) is 11.5 Å². The minimum absolute atomic E-state index is 0.164. The molecule has 0 spiro atoms. The molecule has 2 aromatic carbocycles. The summed E-state index contributed by atoms with van der Waals surface area (Å²) in [5.74, 6) is 1.52. The Balaban J connectivity index is 1.58. The molecule has 1 N–H and O–H groups in total. The highest BCUT2D eigenvalue weighted by Crippen LogP contribution is 2.40. The van der Waals surface area contributed by atoms with Crippen LogP contribution in [0.25, 0.3) is 0 Å². The van der Waals surface area contributed by atoms with Crippen LogP contribution in [0.15, 0.2) is 30.3 Å². The highest BCUT2D eigenvalue weighted by Gasteiger charge is 2.36. The smallest absolute Gasteiger partial charge is 0.255 e. The molecule has 2 aliphatic rings. The van der Waals surface area contributed by atoms with Gasteiger partial charge in [-0.25, -0.2) is 0 Å². The van der Waals surface area contributed by atoms with Crippen LogP contribution in [0.4, 0.5) is 11.4 Å². The van der Waals surface area contributed by atoms with Gasteiger partial charge in [0.1, 0.15) is 0 Å². The van der Waals surface area contributed by atoms with Crippen molar-refractivity contribution in [3.05, 3.63) is 41.5 Å². The summed E-state index contributed by atoms with van der Waals surface area (Å²) in [7, 11) is 0. The predicted molar refractivity (Wildman–Crippen MR) is 123 cm³/mol. The number of nitrogens with zero attached hydrogens (tertiary/aromatic N) is 1. The second-order valence-electron chi connectivity index (χ2n) is 7.91. The summed E-state index contributed by atoms with van der Waals surface area (Å²) in [6.45, 7) is 7.67. The average Bonchev–Trinajstić information content (AvgIpc) is 3.55. The Hall–Kier alpha value is -3.22. The van der Waals surface area contributed by atoms with E-state index in [4.69, 9.17) is 14.2 Å². The van der Waals surface area contributed by atoms with Crippen molar-refractivity contribution in [2.75, 3.05) is 36.6 Å². The van der Waals surface area contributed by atoms with Crippen molar-refractivity contribution in [3.8, 4) is 17.2 Å². The molecule has 2 aromatic rings. The molecule has 1 heterocycles. The number of nitrogens with one attached hydrogen (secondary N) is 1. The molecule has 170 valence electrons. The summed E-state index contributed by atoms with van der Waals surface area (Å²) in [4.78, 5) is 27.6. The van der Waals surface area contributed by atoms with Crippen LogP contribution in [0.1, 0.15) is 49.5 Å². The summed E-state index contributed by atoms with van der Waals surface area (Å²) in [5.41, 5.74) is 3.09. The van der Waals surface area contributed by atoms with Gasteiger partial charge >= 0.3 is 0 Å². The predicted octanol–water partition coefficient (Wildman–Crippen LogP) is 4.43. The fraction of sp³-hybridized carbons (Fsp3) is 0.440. The van der Waals surface area contributed by atoms with Gasteiger partial charge in [-0.3, -0.25) is 9.59 Å². The largest absolute Gasteiger partial charge is 0.490 e. The maximum absolute atomic E-state index is 13.1. The average molecular weight is 439 g/mol. The minimum atomic E-state index is -0.284. The zero-order valence-electron chi connectivity index (χ0n) is 18.9. The molecule has 0 aromatic heterocycles. The van der Waals surface area contributed by atoms with E-state index in [1.807, 2.05) is 43.9 Å². The van der Waals surface area contributed by atoms with Crippen molar-refractivity contribution in [2.45, 2.75) is 40.0 Å². The summed E-state index contributed by atoms with van der Waals surface area (Å²) >= 11 is 0. The SMILES string of the molecule is CCOc1cc(C(=O)Nc2ccc3c(c2)N(C(=O)C2CC2)CC3)cc(OCC)c1OCC. The summed E-state index contributed by atoms with van der Waals surface area (Å²) in [5, 5.41) is 2.95. The van der Waals surface area contributed by atoms with E-state index in [2.05, 4.69) is 5.32 Å². The third-order valence-corrected chi connectivity index (χ3v) is 5.60. The highest BCUT2D eigenvalue weighted by atomic mass is 16.5. The zero-order chi connectivity index (χ0) is 22.7. The number of anilines is 2. The summed E-state index contributed by atoms with van der Waals surface area (Å²) < 4.78 is 17.2. The molecule has 0 bridgehead atoms. The van der Waals surface area contributed by atoms with Gasteiger partial charge in [0.25, 0.3) is 5.91 Å². The van der Waals surface area contributed by atoms with Crippen molar-refractivity contribution in [3.63, 3.8) is 0 Å². The van der Waals surface area contributed by atoms with E-state index in [9.17, 15) is 9.59 Å². The van der Waals surface area contributed by atoms with Crippen LogP contribution in [0, 0.1) is 5.92 Å². The summed E-state index contributed by atoms with van der Waals surface area (Å²) in [6, 6.07) is 9.09. The van der Waals surface area contributed by atoms with Crippen LogP contribution in [-0.2, 0) is 11.2 Å². The second-order valence-corrected chi connectivity index (χ2v) is 7.91. The topological polar surface area (TPSA) is 77.1 Å². The van der Waals surface area contributed by atoms with Gasteiger partial charge in [0, 0.05) is 29.4 Å². The van der Waals surface area contributed by atoms with Crippen molar-refractivity contribution in [1.82, 2.24) is 0 Å². The van der Waals surface area contributed by atoms with Gasteiger partial charge in [0.05, 0.1) is 19.8 Å². The van der Waals surface area contributed by atoms with Crippen molar-refractivity contribution >= 4 is 23.2 Å². The van der Waals surface area contributed by atoms with Gasteiger partial charge in [-0.15, -0.1) is 0 Å². The van der Waals surface area contributed by atoms with Crippen LogP contribution in [0.3, 0.4) is 0 Å². The number of benzene rings is 2. The summed E-state index contributed by atoms with van der Waals surface area (Å²) in [6.07, 6.45) is 2.79. The van der Waals surface area contributed by atoms with E-state index >= 15 is 0 Å². The lowest BCUT2D eigenvalue weighted by Gasteiger charge is -2.18. The standard InChI is InChI=1S/C25H30N2O5/c1-4-30-21-13-18(14-22(31-5-2)23(21)32-6-3)24(28)26-19-10-9-16-11-12-27(20(16)15-19)25(29)17-7-8-17/h9-10,13-15,17H,4-8,11-12H2,1-3H3,(H,26,28). The van der Waals surface area contributed by atoms with Crippen LogP contribution < -0.4 is 24.4 Å². The molecule has 32 heavy (non-hydrogen) atoms. The third-order valence-electron chi connectivity index (χ3n) is 5.60. The maximum Gasteiger partial charge on any atom is 0.255 e. The molecular weight excluding hydrogens is 408 g/mol. The van der Waals surface area contributed by atoms with Crippen molar-refractivity contribution in [1.29, 1.82) is 0 Å². The first-order chi connectivity index (χ1) is 15.5. The molecule has 1 aliphatic heterocycles. The molecule has 2 amide bonds. The Morgan fingerprint density at radius 1 is 0.969 bits per heavy atom. The number of ether oxygens (including phenoxy) is 3. The van der Waals surface area contributed by atoms with E-state index in [-0.39, 0.29) is 17.7 Å². The van der Waals surface area contributed by atoms with Gasteiger partial charge < -0.3 is 24.4 Å². The van der Waals surface area contributed by atoms with Crippen molar-refractivity contribution < 1.29 is 23.8 Å². The maximum atomic E-state index is 13.1. The minimum Gasteiger partial charge on any atom is -0.490 e. The quantitative estimate of drug-likeness (QED) is 0.627. The number of hydrogen-bond donors (Lipinski definition) is 1. The molecule has 7 nitrogen and oxygen atoms in total.